The highest BCUT2D eigenvalue weighted by Gasteiger charge is 2.31. The van der Waals surface area contributed by atoms with Gasteiger partial charge in [-0.15, -0.1) is 0 Å². The van der Waals surface area contributed by atoms with Crippen molar-refractivity contribution in [3.8, 4) is 0 Å². The van der Waals surface area contributed by atoms with Crippen molar-refractivity contribution < 1.29 is 4.79 Å². The van der Waals surface area contributed by atoms with Gasteiger partial charge in [0.1, 0.15) is 0 Å². The normalized spacial score (nSPS) is 26.5. The fraction of sp³-hybridized carbons (Fsp3) is 0.917. The lowest BCUT2D eigenvalue weighted by Crippen LogP contribution is -2.53. The fourth-order valence-corrected chi connectivity index (χ4v) is 2.69. The first kappa shape index (κ1) is 10.9. The molecule has 0 unspecified atom stereocenters. The van der Waals surface area contributed by atoms with Gasteiger partial charge in [-0.2, -0.15) is 0 Å². The predicted octanol–water partition coefficient (Wildman–Crippen LogP) is 1.43. The lowest BCUT2D eigenvalue weighted by atomic mass is 9.89. The molecule has 0 bridgehead atoms. The van der Waals surface area contributed by atoms with Crippen LogP contribution in [0.15, 0.2) is 0 Å². The Labute approximate surface area is 92.0 Å². The van der Waals surface area contributed by atoms with Crippen LogP contribution in [-0.2, 0) is 4.79 Å². The number of piperidine rings is 1. The number of hydrogen-bond acceptors (Lipinski definition) is 2. The standard InChI is InChI=1S/C12H22N2O/c1-12(6-8-13-9-7-12)14-11(15)10-4-2-3-5-10/h10,13H,2-9H2,1H3,(H,14,15). The molecule has 2 rings (SSSR count). The van der Waals surface area contributed by atoms with E-state index in [9.17, 15) is 4.79 Å². The highest BCUT2D eigenvalue weighted by molar-refractivity contribution is 5.79. The van der Waals surface area contributed by atoms with E-state index in [1.54, 1.807) is 0 Å². The highest BCUT2D eigenvalue weighted by Crippen LogP contribution is 2.26. The molecule has 0 aromatic heterocycles. The summed E-state index contributed by atoms with van der Waals surface area (Å²) in [7, 11) is 0. The van der Waals surface area contributed by atoms with Crippen LogP contribution in [0.1, 0.15) is 45.4 Å². The minimum Gasteiger partial charge on any atom is -0.351 e. The van der Waals surface area contributed by atoms with Crippen LogP contribution in [0.2, 0.25) is 0 Å². The van der Waals surface area contributed by atoms with Gasteiger partial charge in [0.05, 0.1) is 0 Å². The van der Waals surface area contributed by atoms with Crippen LogP contribution in [0.4, 0.5) is 0 Å². The van der Waals surface area contributed by atoms with Gasteiger partial charge in [-0.1, -0.05) is 12.8 Å². The summed E-state index contributed by atoms with van der Waals surface area (Å²) < 4.78 is 0. The molecule has 3 nitrogen and oxygen atoms in total. The molecule has 0 aromatic carbocycles. The van der Waals surface area contributed by atoms with Gasteiger partial charge in [0.25, 0.3) is 0 Å². The van der Waals surface area contributed by atoms with Gasteiger partial charge in [0, 0.05) is 11.5 Å². The Bertz CT molecular complexity index is 228. The lowest BCUT2D eigenvalue weighted by molar-refractivity contribution is -0.126. The largest absolute Gasteiger partial charge is 0.351 e. The molecule has 0 radical (unpaired) electrons. The fourth-order valence-electron chi connectivity index (χ4n) is 2.69. The van der Waals surface area contributed by atoms with Crippen molar-refractivity contribution >= 4 is 5.91 Å². The van der Waals surface area contributed by atoms with Crippen molar-refractivity contribution in [2.24, 2.45) is 5.92 Å². The van der Waals surface area contributed by atoms with Gasteiger partial charge in [-0.25, -0.2) is 0 Å². The van der Waals surface area contributed by atoms with Gasteiger partial charge < -0.3 is 10.6 Å². The molecule has 0 spiro atoms. The molecule has 1 heterocycles. The topological polar surface area (TPSA) is 41.1 Å². The highest BCUT2D eigenvalue weighted by atomic mass is 16.2. The number of nitrogens with one attached hydrogen (secondary N) is 2. The van der Waals surface area contributed by atoms with Gasteiger partial charge in [-0.05, 0) is 45.7 Å². The molecule has 1 saturated heterocycles. The molecule has 15 heavy (non-hydrogen) atoms. The predicted molar refractivity (Wildman–Crippen MR) is 60.6 cm³/mol. The summed E-state index contributed by atoms with van der Waals surface area (Å²) in [5.74, 6) is 0.605. The smallest absolute Gasteiger partial charge is 0.223 e. The Morgan fingerprint density at radius 1 is 1.27 bits per heavy atom. The average Bonchev–Trinajstić information content (AvgIpc) is 2.70. The van der Waals surface area contributed by atoms with E-state index in [-0.39, 0.29) is 5.54 Å². The maximum atomic E-state index is 12.0. The number of carbonyl (C=O) groups excluding carboxylic acids is 1. The molecule has 1 amide bonds. The van der Waals surface area contributed by atoms with E-state index >= 15 is 0 Å². The molecule has 2 fully saturated rings. The van der Waals surface area contributed by atoms with Crippen molar-refractivity contribution in [2.45, 2.75) is 51.0 Å². The maximum absolute atomic E-state index is 12.0. The first-order chi connectivity index (χ1) is 7.20. The van der Waals surface area contributed by atoms with E-state index in [2.05, 4.69) is 17.6 Å². The first-order valence-electron chi connectivity index (χ1n) is 6.22. The molecule has 1 saturated carbocycles. The molecule has 1 aliphatic carbocycles. The zero-order chi connectivity index (χ0) is 10.7. The second-order valence-electron chi connectivity index (χ2n) is 5.28. The van der Waals surface area contributed by atoms with Crippen LogP contribution in [0.25, 0.3) is 0 Å². The maximum Gasteiger partial charge on any atom is 0.223 e. The van der Waals surface area contributed by atoms with E-state index < -0.39 is 0 Å². The second kappa shape index (κ2) is 4.52. The van der Waals surface area contributed by atoms with Crippen LogP contribution >= 0.6 is 0 Å². The summed E-state index contributed by atoms with van der Waals surface area (Å²) in [6, 6.07) is 0. The third-order valence-electron chi connectivity index (χ3n) is 3.86. The number of hydrogen-bond donors (Lipinski definition) is 2. The van der Waals surface area contributed by atoms with Gasteiger partial charge in [0.2, 0.25) is 5.91 Å². The molecule has 0 aromatic rings. The molecule has 3 heteroatoms. The summed E-state index contributed by atoms with van der Waals surface area (Å²) in [6.45, 7) is 4.24. The minimum atomic E-state index is 0.0466. The van der Waals surface area contributed by atoms with Gasteiger partial charge in [-0.3, -0.25) is 4.79 Å². The summed E-state index contributed by atoms with van der Waals surface area (Å²) in [4.78, 5) is 12.0. The van der Waals surface area contributed by atoms with Gasteiger partial charge in [0.15, 0.2) is 0 Å². The number of carbonyl (C=O) groups is 1. The Morgan fingerprint density at radius 2 is 1.87 bits per heavy atom. The second-order valence-corrected chi connectivity index (χ2v) is 5.28. The van der Waals surface area contributed by atoms with E-state index in [0.717, 1.165) is 38.8 Å². The van der Waals surface area contributed by atoms with E-state index in [4.69, 9.17) is 0 Å². The van der Waals surface area contributed by atoms with E-state index in [0.29, 0.717) is 11.8 Å². The Hall–Kier alpha value is -0.570. The van der Waals surface area contributed by atoms with Crippen LogP contribution in [0.3, 0.4) is 0 Å². The van der Waals surface area contributed by atoms with Gasteiger partial charge >= 0.3 is 0 Å². The van der Waals surface area contributed by atoms with E-state index in [1.807, 2.05) is 0 Å². The Morgan fingerprint density at radius 3 is 2.47 bits per heavy atom. The van der Waals surface area contributed by atoms with Crippen molar-refractivity contribution in [3.05, 3.63) is 0 Å². The third-order valence-corrected chi connectivity index (χ3v) is 3.86. The van der Waals surface area contributed by atoms with Crippen molar-refractivity contribution in [1.29, 1.82) is 0 Å². The van der Waals surface area contributed by atoms with Crippen LogP contribution in [0, 0.1) is 5.92 Å². The summed E-state index contributed by atoms with van der Waals surface area (Å²) >= 11 is 0. The summed E-state index contributed by atoms with van der Waals surface area (Å²) in [5, 5.41) is 6.59. The monoisotopic (exact) mass is 210 g/mol. The third kappa shape index (κ3) is 2.71. The molecule has 0 atom stereocenters. The summed E-state index contributed by atoms with van der Waals surface area (Å²) in [5.41, 5.74) is 0.0466. The quantitative estimate of drug-likeness (QED) is 0.724. The minimum absolute atomic E-state index is 0.0466. The van der Waals surface area contributed by atoms with Crippen LogP contribution < -0.4 is 10.6 Å². The molecular formula is C12H22N2O. The SMILES string of the molecule is CC1(NC(=O)C2CCCC2)CCNCC1. The van der Waals surface area contributed by atoms with Crippen molar-refractivity contribution in [1.82, 2.24) is 10.6 Å². The Kier molecular flexibility index (Phi) is 3.29. The van der Waals surface area contributed by atoms with Crippen molar-refractivity contribution in [3.63, 3.8) is 0 Å². The summed E-state index contributed by atoms with van der Waals surface area (Å²) in [6.07, 6.45) is 6.78. The molecule has 2 N–H and O–H groups in total. The van der Waals surface area contributed by atoms with Crippen LogP contribution in [-0.4, -0.2) is 24.5 Å². The van der Waals surface area contributed by atoms with Crippen LogP contribution in [0.5, 0.6) is 0 Å². The van der Waals surface area contributed by atoms with Crippen molar-refractivity contribution in [2.75, 3.05) is 13.1 Å². The Balaban J connectivity index is 1.86. The average molecular weight is 210 g/mol. The zero-order valence-electron chi connectivity index (χ0n) is 9.64. The van der Waals surface area contributed by atoms with E-state index in [1.165, 1.54) is 12.8 Å². The zero-order valence-corrected chi connectivity index (χ0v) is 9.64. The molecule has 86 valence electrons. The molecule has 2 aliphatic rings. The number of rotatable bonds is 2. The number of amides is 1. The lowest BCUT2D eigenvalue weighted by Gasteiger charge is -2.35. The molecular weight excluding hydrogens is 188 g/mol. The first-order valence-corrected chi connectivity index (χ1v) is 6.22. The molecule has 1 aliphatic heterocycles.